The van der Waals surface area contributed by atoms with E-state index in [0.29, 0.717) is 40.5 Å². The van der Waals surface area contributed by atoms with Crippen molar-refractivity contribution in [3.63, 3.8) is 0 Å². The van der Waals surface area contributed by atoms with Gasteiger partial charge in [0.15, 0.2) is 0 Å². The van der Waals surface area contributed by atoms with Crippen molar-refractivity contribution in [3.8, 4) is 5.75 Å². The monoisotopic (exact) mass is 611 g/mol. The van der Waals surface area contributed by atoms with Crippen LogP contribution in [-0.4, -0.2) is 60.9 Å². The number of hydrogen-bond acceptors (Lipinski definition) is 9. The zero-order valence-electron chi connectivity index (χ0n) is 24.1. The molecule has 3 aromatic rings. The van der Waals surface area contributed by atoms with Gasteiger partial charge in [0.25, 0.3) is 5.91 Å². The molecule has 2 N–H and O–H groups in total. The van der Waals surface area contributed by atoms with E-state index in [4.69, 9.17) is 14.2 Å². The summed E-state index contributed by atoms with van der Waals surface area (Å²) in [7, 11) is 2.86. The van der Waals surface area contributed by atoms with Crippen LogP contribution < -0.4 is 15.4 Å². The van der Waals surface area contributed by atoms with Gasteiger partial charge in [-0.05, 0) is 75.2 Å². The quantitative estimate of drug-likeness (QED) is 0.241. The van der Waals surface area contributed by atoms with Crippen molar-refractivity contribution in [2.45, 2.75) is 44.2 Å². The highest BCUT2D eigenvalue weighted by Gasteiger charge is 2.32. The van der Waals surface area contributed by atoms with Gasteiger partial charge >= 0.3 is 12.1 Å². The zero-order chi connectivity index (χ0) is 30.4. The summed E-state index contributed by atoms with van der Waals surface area (Å²) in [5.74, 6) is -0.377. The lowest BCUT2D eigenvalue weighted by molar-refractivity contribution is -0.113. The highest BCUT2D eigenvalue weighted by atomic mass is 32.2. The van der Waals surface area contributed by atoms with Gasteiger partial charge in [-0.1, -0.05) is 6.07 Å². The fourth-order valence-corrected chi connectivity index (χ4v) is 6.24. The van der Waals surface area contributed by atoms with E-state index in [0.717, 1.165) is 15.3 Å². The fraction of sp³-hybridized carbons (Fsp3) is 0.333. The summed E-state index contributed by atoms with van der Waals surface area (Å²) in [6.45, 7) is 6.08. The lowest BCUT2D eigenvalue weighted by Crippen LogP contribution is -2.39. The molecular formula is C30H33N3O7S2. The van der Waals surface area contributed by atoms with Crippen LogP contribution in [0, 0.1) is 0 Å². The third-order valence-electron chi connectivity index (χ3n) is 6.17. The smallest absolute Gasteiger partial charge is 0.410 e. The SMILES string of the molecule is COC(=O)c1c(NC(=O)CSc2cccc(NC(=O)c3ccc(OC)cc3)c2)sc2c1CCN(C(=O)OC(C)(C)C)C2. The average Bonchev–Trinajstić information content (AvgIpc) is 3.31. The van der Waals surface area contributed by atoms with Gasteiger partial charge in [-0.3, -0.25) is 9.59 Å². The number of nitrogens with one attached hydrogen (secondary N) is 2. The lowest BCUT2D eigenvalue weighted by Gasteiger charge is -2.30. The van der Waals surface area contributed by atoms with E-state index in [9.17, 15) is 19.2 Å². The Labute approximate surface area is 252 Å². The molecule has 0 fully saturated rings. The number of methoxy groups -OCH3 is 2. The molecule has 0 atom stereocenters. The average molecular weight is 612 g/mol. The molecule has 10 nitrogen and oxygen atoms in total. The summed E-state index contributed by atoms with van der Waals surface area (Å²) in [6.07, 6.45) is 0.0143. The molecule has 0 radical (unpaired) electrons. The Morgan fingerprint density at radius 1 is 1.02 bits per heavy atom. The van der Waals surface area contributed by atoms with E-state index in [1.807, 2.05) is 6.07 Å². The molecule has 0 saturated carbocycles. The standard InChI is InChI=1S/C30H33N3O7S2/c1-30(2,3)40-29(37)33-14-13-22-23(16-33)42-27(25(22)28(36)39-5)32-24(34)17-41-21-8-6-7-19(15-21)31-26(35)18-9-11-20(38-4)12-10-18/h6-12,15H,13-14,16-17H2,1-5H3,(H,31,35)(H,32,34). The summed E-state index contributed by atoms with van der Waals surface area (Å²) >= 11 is 2.55. The van der Waals surface area contributed by atoms with Crippen LogP contribution >= 0.6 is 23.1 Å². The van der Waals surface area contributed by atoms with Gasteiger partial charge in [0, 0.05) is 27.6 Å². The lowest BCUT2D eigenvalue weighted by atomic mass is 10.0. The maximum atomic E-state index is 12.9. The van der Waals surface area contributed by atoms with Crippen LogP contribution in [0.25, 0.3) is 0 Å². The van der Waals surface area contributed by atoms with Crippen molar-refractivity contribution < 1.29 is 33.4 Å². The second kappa shape index (κ2) is 13.3. The molecule has 2 aromatic carbocycles. The summed E-state index contributed by atoms with van der Waals surface area (Å²) in [4.78, 5) is 54.0. The molecule has 0 aliphatic carbocycles. The first-order valence-corrected chi connectivity index (χ1v) is 15.0. The van der Waals surface area contributed by atoms with Crippen molar-refractivity contribution in [1.29, 1.82) is 0 Å². The first kappa shape index (κ1) is 30.9. The molecular weight excluding hydrogens is 578 g/mol. The number of carbonyl (C=O) groups is 4. The van der Waals surface area contributed by atoms with Gasteiger partial charge in [-0.15, -0.1) is 23.1 Å². The van der Waals surface area contributed by atoms with Gasteiger partial charge in [-0.2, -0.15) is 0 Å². The molecule has 222 valence electrons. The molecule has 1 aromatic heterocycles. The number of hydrogen-bond donors (Lipinski definition) is 2. The minimum Gasteiger partial charge on any atom is -0.497 e. The number of nitrogens with zero attached hydrogens (tertiary/aromatic N) is 1. The molecule has 0 spiro atoms. The largest absolute Gasteiger partial charge is 0.497 e. The number of benzene rings is 2. The molecule has 0 saturated heterocycles. The zero-order valence-corrected chi connectivity index (χ0v) is 25.7. The molecule has 1 aliphatic rings. The van der Waals surface area contributed by atoms with Crippen LogP contribution in [0.1, 0.15) is 51.9 Å². The van der Waals surface area contributed by atoms with Crippen LogP contribution in [0.15, 0.2) is 53.4 Å². The number of esters is 1. The fourth-order valence-electron chi connectivity index (χ4n) is 4.21. The molecule has 1 aliphatic heterocycles. The van der Waals surface area contributed by atoms with Crippen molar-refractivity contribution in [1.82, 2.24) is 4.90 Å². The number of ether oxygens (including phenoxy) is 3. The molecule has 42 heavy (non-hydrogen) atoms. The van der Waals surface area contributed by atoms with E-state index in [2.05, 4.69) is 10.6 Å². The Hall–Kier alpha value is -4.03. The predicted molar refractivity (Wildman–Crippen MR) is 163 cm³/mol. The number of thiophene rings is 1. The topological polar surface area (TPSA) is 123 Å². The van der Waals surface area contributed by atoms with E-state index >= 15 is 0 Å². The van der Waals surface area contributed by atoms with Crippen LogP contribution in [0.3, 0.4) is 0 Å². The number of carbonyl (C=O) groups excluding carboxylic acids is 4. The highest BCUT2D eigenvalue weighted by molar-refractivity contribution is 8.00. The van der Waals surface area contributed by atoms with Gasteiger partial charge < -0.3 is 29.7 Å². The molecule has 4 rings (SSSR count). The third kappa shape index (κ3) is 7.83. The molecule has 12 heteroatoms. The first-order chi connectivity index (χ1) is 20.0. The number of rotatable bonds is 8. The molecule has 3 amide bonds. The van der Waals surface area contributed by atoms with Gasteiger partial charge in [0.2, 0.25) is 5.91 Å². The second-order valence-corrected chi connectivity index (χ2v) is 12.6. The van der Waals surface area contributed by atoms with Crippen LogP contribution in [0.4, 0.5) is 15.5 Å². The third-order valence-corrected chi connectivity index (χ3v) is 8.29. The number of amides is 3. The Morgan fingerprint density at radius 3 is 2.43 bits per heavy atom. The summed E-state index contributed by atoms with van der Waals surface area (Å²) in [5, 5.41) is 6.11. The van der Waals surface area contributed by atoms with E-state index in [1.54, 1.807) is 75.2 Å². The Morgan fingerprint density at radius 2 is 1.76 bits per heavy atom. The van der Waals surface area contributed by atoms with Crippen molar-refractivity contribution in [3.05, 3.63) is 70.1 Å². The van der Waals surface area contributed by atoms with E-state index in [-0.39, 0.29) is 24.1 Å². The number of thioether (sulfide) groups is 1. The summed E-state index contributed by atoms with van der Waals surface area (Å²) in [6, 6.07) is 14.0. The van der Waals surface area contributed by atoms with Crippen molar-refractivity contribution in [2.75, 3.05) is 37.2 Å². The maximum Gasteiger partial charge on any atom is 0.410 e. The first-order valence-electron chi connectivity index (χ1n) is 13.2. The van der Waals surface area contributed by atoms with Crippen molar-refractivity contribution >= 4 is 57.7 Å². The number of anilines is 2. The Balaban J connectivity index is 1.40. The molecule has 0 unspecified atom stereocenters. The Kier molecular flexibility index (Phi) is 9.79. The predicted octanol–water partition coefficient (Wildman–Crippen LogP) is 5.82. The number of fused-ring (bicyclic) bond motifs is 1. The summed E-state index contributed by atoms with van der Waals surface area (Å²) in [5.41, 5.74) is 1.55. The minimum absolute atomic E-state index is 0.0725. The minimum atomic E-state index is -0.623. The van der Waals surface area contributed by atoms with Gasteiger partial charge in [0.05, 0.1) is 32.1 Å². The van der Waals surface area contributed by atoms with Crippen molar-refractivity contribution in [2.24, 2.45) is 0 Å². The van der Waals surface area contributed by atoms with Crippen LogP contribution in [0.5, 0.6) is 5.75 Å². The van der Waals surface area contributed by atoms with Gasteiger partial charge in [0.1, 0.15) is 16.4 Å². The Bertz CT molecular complexity index is 1480. The van der Waals surface area contributed by atoms with E-state index in [1.165, 1.54) is 30.2 Å². The van der Waals surface area contributed by atoms with E-state index < -0.39 is 17.7 Å². The van der Waals surface area contributed by atoms with Crippen LogP contribution in [-0.2, 0) is 27.2 Å². The normalized spacial score (nSPS) is 12.6. The maximum absolute atomic E-state index is 12.9. The van der Waals surface area contributed by atoms with Crippen LogP contribution in [0.2, 0.25) is 0 Å². The van der Waals surface area contributed by atoms with Gasteiger partial charge in [-0.25, -0.2) is 9.59 Å². The highest BCUT2D eigenvalue weighted by Crippen LogP contribution is 2.38. The second-order valence-electron chi connectivity index (χ2n) is 10.4. The molecule has 2 heterocycles. The summed E-state index contributed by atoms with van der Waals surface area (Å²) < 4.78 is 15.6. The molecule has 0 bridgehead atoms.